The predicted molar refractivity (Wildman–Crippen MR) is 33.2 cm³/mol. The van der Waals surface area contributed by atoms with E-state index in [9.17, 15) is 0 Å². The van der Waals surface area contributed by atoms with E-state index in [0.717, 1.165) is 0 Å². The van der Waals surface area contributed by atoms with Crippen LogP contribution in [0.15, 0.2) is 0 Å². The molecule has 0 heterocycles. The summed E-state index contributed by atoms with van der Waals surface area (Å²) >= 11 is 0. The van der Waals surface area contributed by atoms with E-state index in [-0.39, 0.29) is 0 Å². The van der Waals surface area contributed by atoms with E-state index < -0.39 is 0 Å². The van der Waals surface area contributed by atoms with Gasteiger partial charge in [0.25, 0.3) is 0 Å². The van der Waals surface area contributed by atoms with Crippen molar-refractivity contribution in [1.29, 1.82) is 0 Å². The molecule has 0 atom stereocenters. The van der Waals surface area contributed by atoms with Gasteiger partial charge in [-0.15, -0.1) is 0 Å². The molecule has 1 nitrogen and oxygen atoms in total. The molecule has 1 saturated carbocycles. The maximum atomic E-state index is 5.22. The minimum Gasteiger partial charge on any atom is -0.328 e. The Bertz CT molecular complexity index is 31.2. The van der Waals surface area contributed by atoms with Gasteiger partial charge in [-0.2, -0.15) is 0 Å². The lowest BCUT2D eigenvalue weighted by Gasteiger charge is -1.58. The topological polar surface area (TPSA) is 26.0 Å². The van der Waals surface area contributed by atoms with Crippen molar-refractivity contribution >= 4 is 0 Å². The highest BCUT2D eigenvalue weighted by molar-refractivity contribution is 4.75. The molecular formula is C6H15N. The van der Waals surface area contributed by atoms with Crippen molar-refractivity contribution in [2.45, 2.75) is 39.2 Å². The van der Waals surface area contributed by atoms with Gasteiger partial charge < -0.3 is 5.73 Å². The van der Waals surface area contributed by atoms with Gasteiger partial charge in [-0.3, -0.25) is 0 Å². The minimum atomic E-state index is 0.583. The SMILES string of the molecule is CCC.NC1CC1. The molecule has 0 amide bonds. The maximum absolute atomic E-state index is 5.22. The van der Waals surface area contributed by atoms with Gasteiger partial charge in [0, 0.05) is 6.04 Å². The molecule has 0 aromatic rings. The highest BCUT2D eigenvalue weighted by Gasteiger charge is 2.13. The van der Waals surface area contributed by atoms with Crippen LogP contribution in [0.3, 0.4) is 0 Å². The Morgan fingerprint density at radius 2 is 1.57 bits per heavy atom. The maximum Gasteiger partial charge on any atom is 0.00399 e. The summed E-state index contributed by atoms with van der Waals surface area (Å²) in [4.78, 5) is 0. The first-order chi connectivity index (χ1) is 3.31. The van der Waals surface area contributed by atoms with Gasteiger partial charge in [-0.05, 0) is 12.8 Å². The molecule has 1 aliphatic carbocycles. The van der Waals surface area contributed by atoms with Gasteiger partial charge in [-0.25, -0.2) is 0 Å². The molecule has 0 aromatic carbocycles. The highest BCUT2D eigenvalue weighted by Crippen LogP contribution is 2.13. The quantitative estimate of drug-likeness (QED) is 0.492. The molecule has 1 rings (SSSR count). The van der Waals surface area contributed by atoms with Crippen molar-refractivity contribution < 1.29 is 0 Å². The first kappa shape index (κ1) is 6.96. The highest BCUT2D eigenvalue weighted by atomic mass is 14.7. The standard InChI is InChI=1S/C3H7N.C3H8/c4-3-1-2-3;1-3-2/h3H,1-2,4H2;3H2,1-2H3. The van der Waals surface area contributed by atoms with Crippen LogP contribution in [0.1, 0.15) is 33.1 Å². The summed E-state index contributed by atoms with van der Waals surface area (Å²) in [5.74, 6) is 0. The van der Waals surface area contributed by atoms with Gasteiger partial charge >= 0.3 is 0 Å². The van der Waals surface area contributed by atoms with Gasteiger partial charge in [0.05, 0.1) is 0 Å². The van der Waals surface area contributed by atoms with E-state index in [1.165, 1.54) is 19.3 Å². The van der Waals surface area contributed by atoms with E-state index >= 15 is 0 Å². The van der Waals surface area contributed by atoms with Gasteiger partial charge in [-0.1, -0.05) is 20.3 Å². The van der Waals surface area contributed by atoms with E-state index in [2.05, 4.69) is 13.8 Å². The Balaban J connectivity index is 0.000000110. The van der Waals surface area contributed by atoms with Crippen molar-refractivity contribution in [2.75, 3.05) is 0 Å². The van der Waals surface area contributed by atoms with Gasteiger partial charge in [0.2, 0.25) is 0 Å². The fourth-order valence-corrected chi connectivity index (χ4v) is 0.0962. The number of nitrogens with two attached hydrogens (primary N) is 1. The molecule has 2 N–H and O–H groups in total. The smallest absolute Gasteiger partial charge is 0.00399 e. The first-order valence-corrected chi connectivity index (χ1v) is 3.06. The third kappa shape index (κ3) is 10.7. The predicted octanol–water partition coefficient (Wildman–Crippen LogP) is 1.52. The largest absolute Gasteiger partial charge is 0.328 e. The number of hydrogen-bond acceptors (Lipinski definition) is 1. The summed E-state index contributed by atoms with van der Waals surface area (Å²) in [5, 5.41) is 0. The van der Waals surface area contributed by atoms with Crippen molar-refractivity contribution in [3.63, 3.8) is 0 Å². The van der Waals surface area contributed by atoms with Gasteiger partial charge in [0.1, 0.15) is 0 Å². The van der Waals surface area contributed by atoms with Crippen molar-refractivity contribution in [1.82, 2.24) is 0 Å². The zero-order valence-electron chi connectivity index (χ0n) is 5.28. The Morgan fingerprint density at radius 3 is 1.57 bits per heavy atom. The Kier molecular flexibility index (Phi) is 4.10. The van der Waals surface area contributed by atoms with Crippen LogP contribution >= 0.6 is 0 Å². The molecule has 0 bridgehead atoms. The zero-order chi connectivity index (χ0) is 5.70. The lowest BCUT2D eigenvalue weighted by molar-refractivity contribution is 1.07. The average Bonchev–Trinajstić information content (AvgIpc) is 2.25. The van der Waals surface area contributed by atoms with Crippen LogP contribution in [0.25, 0.3) is 0 Å². The van der Waals surface area contributed by atoms with Crippen molar-refractivity contribution in [2.24, 2.45) is 5.73 Å². The minimum absolute atomic E-state index is 0.583. The summed E-state index contributed by atoms with van der Waals surface area (Å²) in [5.41, 5.74) is 5.22. The fraction of sp³-hybridized carbons (Fsp3) is 1.00. The fourth-order valence-electron chi connectivity index (χ4n) is 0.0962. The van der Waals surface area contributed by atoms with E-state index in [0.29, 0.717) is 6.04 Å². The number of rotatable bonds is 0. The first-order valence-electron chi connectivity index (χ1n) is 3.06. The Hall–Kier alpha value is -0.0400. The molecule has 0 saturated heterocycles. The van der Waals surface area contributed by atoms with Crippen molar-refractivity contribution in [3.8, 4) is 0 Å². The van der Waals surface area contributed by atoms with Crippen LogP contribution in [0, 0.1) is 0 Å². The Morgan fingerprint density at radius 1 is 1.43 bits per heavy atom. The molecular weight excluding hydrogens is 86.1 g/mol. The Labute approximate surface area is 45.9 Å². The lowest BCUT2D eigenvalue weighted by Crippen LogP contribution is -1.94. The molecule has 0 aromatic heterocycles. The lowest BCUT2D eigenvalue weighted by atomic mass is 10.6. The van der Waals surface area contributed by atoms with E-state index in [1.807, 2.05) is 0 Å². The average molecular weight is 101 g/mol. The van der Waals surface area contributed by atoms with Gasteiger partial charge in [0.15, 0.2) is 0 Å². The van der Waals surface area contributed by atoms with Crippen molar-refractivity contribution in [3.05, 3.63) is 0 Å². The second-order valence-corrected chi connectivity index (χ2v) is 2.04. The monoisotopic (exact) mass is 101 g/mol. The molecule has 44 valence electrons. The van der Waals surface area contributed by atoms with Crippen LogP contribution in [0.4, 0.5) is 0 Å². The summed E-state index contributed by atoms with van der Waals surface area (Å²) < 4.78 is 0. The molecule has 1 heteroatoms. The molecule has 0 unspecified atom stereocenters. The summed E-state index contributed by atoms with van der Waals surface area (Å²) in [7, 11) is 0. The van der Waals surface area contributed by atoms with E-state index in [4.69, 9.17) is 5.73 Å². The zero-order valence-corrected chi connectivity index (χ0v) is 5.28. The molecule has 0 aliphatic heterocycles. The van der Waals surface area contributed by atoms with Crippen LogP contribution in [-0.2, 0) is 0 Å². The van der Waals surface area contributed by atoms with E-state index in [1.54, 1.807) is 0 Å². The molecule has 1 fully saturated rings. The third-order valence-electron chi connectivity index (χ3n) is 0.622. The molecule has 0 radical (unpaired) electrons. The second-order valence-electron chi connectivity index (χ2n) is 2.04. The van der Waals surface area contributed by atoms with Crippen LogP contribution < -0.4 is 5.73 Å². The number of hydrogen-bond donors (Lipinski definition) is 1. The summed E-state index contributed by atoms with van der Waals surface area (Å²) in [6, 6.07) is 0.583. The molecule has 7 heavy (non-hydrogen) atoms. The summed E-state index contributed by atoms with van der Waals surface area (Å²) in [6.07, 6.45) is 3.78. The third-order valence-corrected chi connectivity index (χ3v) is 0.622. The second kappa shape index (κ2) is 4.13. The van der Waals surface area contributed by atoms with Crippen LogP contribution in [-0.4, -0.2) is 6.04 Å². The summed E-state index contributed by atoms with van der Waals surface area (Å²) in [6.45, 7) is 4.25. The molecule has 0 spiro atoms. The van der Waals surface area contributed by atoms with Crippen LogP contribution in [0.2, 0.25) is 0 Å². The molecule has 1 aliphatic rings. The van der Waals surface area contributed by atoms with Crippen LogP contribution in [0.5, 0.6) is 0 Å². The normalized spacial score (nSPS) is 17.6.